The minimum Gasteiger partial charge on any atom is -0.383 e. The van der Waals surface area contributed by atoms with Gasteiger partial charge in [0.1, 0.15) is 5.82 Å². The van der Waals surface area contributed by atoms with Crippen molar-refractivity contribution < 1.29 is 9.53 Å². The van der Waals surface area contributed by atoms with Gasteiger partial charge < -0.3 is 20.3 Å². The summed E-state index contributed by atoms with van der Waals surface area (Å²) in [7, 11) is 1.67. The third kappa shape index (κ3) is 3.05. The Morgan fingerprint density at radius 2 is 2.08 bits per heavy atom. The lowest BCUT2D eigenvalue weighted by atomic mass is 9.94. The van der Waals surface area contributed by atoms with Crippen molar-refractivity contribution in [2.75, 3.05) is 44.0 Å². The van der Waals surface area contributed by atoms with Gasteiger partial charge >= 0.3 is 0 Å². The molecule has 3 saturated heterocycles. The number of ether oxygens (including phenoxy) is 1. The number of methoxy groups -OCH3 is 1. The molecule has 1 aromatic rings. The van der Waals surface area contributed by atoms with Gasteiger partial charge in [0.15, 0.2) is 0 Å². The highest BCUT2D eigenvalue weighted by molar-refractivity contribution is 5.81. The molecule has 2 bridgehead atoms. The van der Waals surface area contributed by atoms with Crippen LogP contribution >= 0.6 is 0 Å². The summed E-state index contributed by atoms with van der Waals surface area (Å²) < 4.78 is 5.17. The second-order valence-electron chi connectivity index (χ2n) is 6.69. The smallest absolute Gasteiger partial charge is 0.227 e. The largest absolute Gasteiger partial charge is 0.383 e. The highest BCUT2D eigenvalue weighted by Crippen LogP contribution is 2.32. The normalized spacial score (nSPS) is 23.7. The number of hydrogen-bond donors (Lipinski definition) is 1. The van der Waals surface area contributed by atoms with Crippen molar-refractivity contribution >= 4 is 17.7 Å². The van der Waals surface area contributed by atoms with Crippen LogP contribution in [0.15, 0.2) is 0 Å². The SMILES string of the molecule is CCc1nc(N)nc(N2C[C@@H]3CC[C@H](C2)N(CCOC)C3=O)c1C. The van der Waals surface area contributed by atoms with Crippen LogP contribution in [0.2, 0.25) is 0 Å². The summed E-state index contributed by atoms with van der Waals surface area (Å²) in [5.74, 6) is 1.48. The predicted molar refractivity (Wildman–Crippen MR) is 92.9 cm³/mol. The maximum atomic E-state index is 12.8. The molecule has 24 heavy (non-hydrogen) atoms. The van der Waals surface area contributed by atoms with E-state index in [-0.39, 0.29) is 17.9 Å². The molecular formula is C17H27N5O2. The first-order valence-corrected chi connectivity index (χ1v) is 8.72. The number of fused-ring (bicyclic) bond motifs is 4. The van der Waals surface area contributed by atoms with Crippen LogP contribution in [0.25, 0.3) is 0 Å². The molecule has 0 aromatic carbocycles. The van der Waals surface area contributed by atoms with Crippen molar-refractivity contribution in [1.82, 2.24) is 14.9 Å². The fourth-order valence-corrected chi connectivity index (χ4v) is 3.92. The Labute approximate surface area is 143 Å². The van der Waals surface area contributed by atoms with Gasteiger partial charge in [-0.25, -0.2) is 4.98 Å². The Kier molecular flexibility index (Phi) is 4.89. The third-order valence-electron chi connectivity index (χ3n) is 5.20. The number of carbonyl (C=O) groups excluding carboxylic acids is 1. The van der Waals surface area contributed by atoms with Crippen molar-refractivity contribution in [3.8, 4) is 0 Å². The van der Waals surface area contributed by atoms with Crippen LogP contribution in [0, 0.1) is 12.8 Å². The van der Waals surface area contributed by atoms with Crippen LogP contribution in [0.5, 0.6) is 0 Å². The van der Waals surface area contributed by atoms with Gasteiger partial charge in [0.2, 0.25) is 11.9 Å². The molecular weight excluding hydrogens is 306 g/mol. The number of aryl methyl sites for hydroxylation is 1. The minimum atomic E-state index is 0.0290. The zero-order valence-corrected chi connectivity index (χ0v) is 14.8. The van der Waals surface area contributed by atoms with Crippen LogP contribution in [-0.4, -0.2) is 60.2 Å². The average Bonchev–Trinajstić information content (AvgIpc) is 2.86. The van der Waals surface area contributed by atoms with Gasteiger partial charge in [0.25, 0.3) is 0 Å². The number of nitrogens with two attached hydrogens (primary N) is 1. The lowest BCUT2D eigenvalue weighted by Crippen LogP contribution is -2.49. The highest BCUT2D eigenvalue weighted by Gasteiger charge is 2.41. The Morgan fingerprint density at radius 3 is 2.79 bits per heavy atom. The fraction of sp³-hybridized carbons (Fsp3) is 0.706. The number of rotatable bonds is 5. The molecule has 0 spiro atoms. The second kappa shape index (κ2) is 6.93. The first-order chi connectivity index (χ1) is 11.5. The van der Waals surface area contributed by atoms with Gasteiger partial charge in [-0.1, -0.05) is 6.92 Å². The predicted octanol–water partition coefficient (Wildman–Crippen LogP) is 1.00. The van der Waals surface area contributed by atoms with E-state index in [1.165, 1.54) is 0 Å². The van der Waals surface area contributed by atoms with Gasteiger partial charge in [-0.05, 0) is 26.2 Å². The van der Waals surface area contributed by atoms with E-state index in [9.17, 15) is 4.79 Å². The minimum absolute atomic E-state index is 0.0290. The van der Waals surface area contributed by atoms with Gasteiger partial charge in [0, 0.05) is 38.3 Å². The summed E-state index contributed by atoms with van der Waals surface area (Å²) in [6.07, 6.45) is 2.81. The standard InChI is InChI=1S/C17H27N5O2/c1-4-14-11(2)15(20-17(18)19-14)21-9-12-5-6-13(10-21)22(16(12)23)7-8-24-3/h12-13H,4-10H2,1-3H3,(H2,18,19,20)/t12-,13+/m0/s1. The van der Waals surface area contributed by atoms with Crippen molar-refractivity contribution in [2.45, 2.75) is 39.2 Å². The molecule has 0 unspecified atom stereocenters. The average molecular weight is 333 g/mol. The molecule has 7 nitrogen and oxygen atoms in total. The summed E-state index contributed by atoms with van der Waals surface area (Å²) >= 11 is 0. The molecule has 3 fully saturated rings. The van der Waals surface area contributed by atoms with E-state index in [0.29, 0.717) is 25.6 Å². The van der Waals surface area contributed by atoms with Crippen LogP contribution in [-0.2, 0) is 16.0 Å². The number of piperidine rings is 1. The molecule has 0 aliphatic carbocycles. The van der Waals surface area contributed by atoms with E-state index in [1.807, 2.05) is 11.8 Å². The molecule has 1 aromatic heterocycles. The lowest BCUT2D eigenvalue weighted by Gasteiger charge is -2.35. The number of amides is 1. The number of hydrogen-bond acceptors (Lipinski definition) is 6. The van der Waals surface area contributed by atoms with Crippen molar-refractivity contribution in [2.24, 2.45) is 5.92 Å². The topological polar surface area (TPSA) is 84.6 Å². The van der Waals surface area contributed by atoms with Gasteiger partial charge in [-0.15, -0.1) is 0 Å². The van der Waals surface area contributed by atoms with Gasteiger partial charge in [0.05, 0.1) is 18.2 Å². The lowest BCUT2D eigenvalue weighted by molar-refractivity contribution is -0.140. The molecule has 0 saturated carbocycles. The van der Waals surface area contributed by atoms with Crippen LogP contribution < -0.4 is 10.6 Å². The third-order valence-corrected chi connectivity index (χ3v) is 5.20. The zero-order chi connectivity index (χ0) is 17.3. The zero-order valence-electron chi connectivity index (χ0n) is 14.8. The summed E-state index contributed by atoms with van der Waals surface area (Å²) in [5, 5.41) is 0. The second-order valence-corrected chi connectivity index (χ2v) is 6.69. The molecule has 4 heterocycles. The summed E-state index contributed by atoms with van der Waals surface area (Å²) in [6.45, 7) is 6.86. The molecule has 0 radical (unpaired) electrons. The number of anilines is 2. The van der Waals surface area contributed by atoms with Crippen LogP contribution in [0.1, 0.15) is 31.0 Å². The van der Waals surface area contributed by atoms with Crippen molar-refractivity contribution in [1.29, 1.82) is 0 Å². The number of carbonyl (C=O) groups is 1. The number of aromatic nitrogens is 2. The number of nitrogen functional groups attached to an aromatic ring is 1. The van der Waals surface area contributed by atoms with Crippen molar-refractivity contribution in [3.05, 3.63) is 11.3 Å². The molecule has 2 atom stereocenters. The van der Waals surface area contributed by atoms with Crippen LogP contribution in [0.4, 0.5) is 11.8 Å². The number of nitrogens with zero attached hydrogens (tertiary/aromatic N) is 4. The summed E-state index contributed by atoms with van der Waals surface area (Å²) in [4.78, 5) is 25.8. The van der Waals surface area contributed by atoms with Gasteiger partial charge in [-0.2, -0.15) is 4.98 Å². The van der Waals surface area contributed by atoms with E-state index >= 15 is 0 Å². The Bertz CT molecular complexity index is 621. The van der Waals surface area contributed by atoms with Crippen molar-refractivity contribution in [3.63, 3.8) is 0 Å². The van der Waals surface area contributed by atoms with E-state index in [0.717, 1.165) is 42.9 Å². The molecule has 132 valence electrons. The Hall–Kier alpha value is -1.89. The summed E-state index contributed by atoms with van der Waals surface area (Å²) in [5.41, 5.74) is 7.97. The fourth-order valence-electron chi connectivity index (χ4n) is 3.92. The summed E-state index contributed by atoms with van der Waals surface area (Å²) in [6, 6.07) is 0.215. The van der Waals surface area contributed by atoms with E-state index in [1.54, 1.807) is 7.11 Å². The van der Waals surface area contributed by atoms with E-state index in [2.05, 4.69) is 21.8 Å². The maximum Gasteiger partial charge on any atom is 0.227 e. The molecule has 4 rings (SSSR count). The molecule has 3 aliphatic heterocycles. The first kappa shape index (κ1) is 17.0. The monoisotopic (exact) mass is 333 g/mol. The Balaban J connectivity index is 1.90. The van der Waals surface area contributed by atoms with E-state index in [4.69, 9.17) is 10.5 Å². The quantitative estimate of drug-likeness (QED) is 0.865. The molecule has 3 aliphatic rings. The maximum absolute atomic E-state index is 12.8. The molecule has 7 heteroatoms. The van der Waals surface area contributed by atoms with Gasteiger partial charge in [-0.3, -0.25) is 4.79 Å². The van der Waals surface area contributed by atoms with E-state index < -0.39 is 0 Å². The van der Waals surface area contributed by atoms with Crippen LogP contribution in [0.3, 0.4) is 0 Å². The highest BCUT2D eigenvalue weighted by atomic mass is 16.5. The molecule has 1 amide bonds. The molecule has 2 N–H and O–H groups in total. The Morgan fingerprint density at radius 1 is 1.29 bits per heavy atom. The first-order valence-electron chi connectivity index (χ1n) is 8.72.